The largest absolute Gasteiger partial charge is 0.353 e. The molecule has 0 radical (unpaired) electrons. The summed E-state index contributed by atoms with van der Waals surface area (Å²) < 4.78 is 0. The van der Waals surface area contributed by atoms with E-state index in [0.717, 1.165) is 42.3 Å². The lowest BCUT2D eigenvalue weighted by atomic mass is 10.1. The van der Waals surface area contributed by atoms with E-state index in [9.17, 15) is 9.59 Å². The predicted molar refractivity (Wildman–Crippen MR) is 109 cm³/mol. The second-order valence-electron chi connectivity index (χ2n) is 8.01. The van der Waals surface area contributed by atoms with Gasteiger partial charge in [0.05, 0.1) is 5.39 Å². The number of aryl methyl sites for hydroxylation is 3. The Balaban J connectivity index is 1.43. The molecule has 5 nitrogen and oxygen atoms in total. The number of fused-ring (bicyclic) bond motifs is 3. The molecule has 0 aromatic carbocycles. The second kappa shape index (κ2) is 8.55. The molecule has 0 unspecified atom stereocenters. The zero-order chi connectivity index (χ0) is 18.6. The highest BCUT2D eigenvalue weighted by molar-refractivity contribution is 7.18. The molecule has 1 saturated carbocycles. The van der Waals surface area contributed by atoms with Gasteiger partial charge >= 0.3 is 0 Å². The highest BCUT2D eigenvalue weighted by Crippen LogP contribution is 2.32. The molecule has 2 heterocycles. The Morgan fingerprint density at radius 2 is 1.81 bits per heavy atom. The highest BCUT2D eigenvalue weighted by Gasteiger charge is 2.19. The Bertz CT molecular complexity index is 862. The monoisotopic (exact) mass is 387 g/mol. The van der Waals surface area contributed by atoms with Crippen molar-refractivity contribution >= 4 is 27.5 Å². The molecule has 2 aliphatic carbocycles. The molecule has 146 valence electrons. The normalized spacial score (nSPS) is 18.7. The van der Waals surface area contributed by atoms with Gasteiger partial charge < -0.3 is 10.3 Å². The molecule has 27 heavy (non-hydrogen) atoms. The van der Waals surface area contributed by atoms with Gasteiger partial charge in [-0.15, -0.1) is 11.3 Å². The lowest BCUT2D eigenvalue weighted by Crippen LogP contribution is -2.34. The molecule has 0 spiro atoms. The molecule has 2 aromatic rings. The average molecular weight is 388 g/mol. The van der Waals surface area contributed by atoms with Crippen LogP contribution in [0.3, 0.4) is 0 Å². The van der Waals surface area contributed by atoms with Crippen LogP contribution in [0.5, 0.6) is 0 Å². The number of nitrogens with one attached hydrogen (secondary N) is 2. The van der Waals surface area contributed by atoms with Gasteiger partial charge in [-0.05, 0) is 44.1 Å². The summed E-state index contributed by atoms with van der Waals surface area (Å²) in [6.07, 6.45) is 13.7. The van der Waals surface area contributed by atoms with Crippen LogP contribution in [0.25, 0.3) is 10.2 Å². The minimum atomic E-state index is -0.0291. The molecular weight excluding hydrogens is 358 g/mol. The van der Waals surface area contributed by atoms with Crippen LogP contribution in [0, 0.1) is 0 Å². The fourth-order valence-corrected chi connectivity index (χ4v) is 5.74. The van der Waals surface area contributed by atoms with Crippen molar-refractivity contribution in [3.8, 4) is 0 Å². The van der Waals surface area contributed by atoms with E-state index in [1.165, 1.54) is 49.0 Å². The van der Waals surface area contributed by atoms with Gasteiger partial charge in [0.1, 0.15) is 10.7 Å². The third-order valence-electron chi connectivity index (χ3n) is 5.93. The molecule has 6 heteroatoms. The number of hydrogen-bond donors (Lipinski definition) is 2. The van der Waals surface area contributed by atoms with Gasteiger partial charge in [-0.1, -0.05) is 32.1 Å². The van der Waals surface area contributed by atoms with Crippen molar-refractivity contribution in [1.29, 1.82) is 0 Å². The first-order valence-electron chi connectivity index (χ1n) is 10.5. The molecule has 2 aliphatic rings. The van der Waals surface area contributed by atoms with Crippen LogP contribution < -0.4 is 10.9 Å². The van der Waals surface area contributed by atoms with Gasteiger partial charge in [0.25, 0.3) is 5.56 Å². The van der Waals surface area contributed by atoms with Crippen molar-refractivity contribution in [3.05, 3.63) is 26.6 Å². The van der Waals surface area contributed by atoms with Crippen LogP contribution in [0.2, 0.25) is 0 Å². The number of rotatable bonds is 4. The van der Waals surface area contributed by atoms with Gasteiger partial charge in [0, 0.05) is 23.8 Å². The topological polar surface area (TPSA) is 74.8 Å². The lowest BCUT2D eigenvalue weighted by Gasteiger charge is -2.16. The molecule has 0 atom stereocenters. The number of H-pyrrole nitrogens is 1. The highest BCUT2D eigenvalue weighted by atomic mass is 32.1. The minimum absolute atomic E-state index is 0.0291. The van der Waals surface area contributed by atoms with Crippen LogP contribution in [-0.2, 0) is 24.1 Å². The Morgan fingerprint density at radius 3 is 2.63 bits per heavy atom. The van der Waals surface area contributed by atoms with Gasteiger partial charge in [-0.2, -0.15) is 0 Å². The maximum Gasteiger partial charge on any atom is 0.259 e. The number of carbonyl (C=O) groups excluding carboxylic acids is 1. The minimum Gasteiger partial charge on any atom is -0.353 e. The van der Waals surface area contributed by atoms with Crippen molar-refractivity contribution in [2.45, 2.75) is 89.5 Å². The van der Waals surface area contributed by atoms with Crippen LogP contribution in [0.15, 0.2) is 4.79 Å². The van der Waals surface area contributed by atoms with Crippen LogP contribution in [0.1, 0.15) is 80.5 Å². The van der Waals surface area contributed by atoms with Crippen LogP contribution in [-0.4, -0.2) is 21.9 Å². The number of carbonyl (C=O) groups is 1. The second-order valence-corrected chi connectivity index (χ2v) is 9.10. The summed E-state index contributed by atoms with van der Waals surface area (Å²) >= 11 is 1.67. The van der Waals surface area contributed by atoms with Gasteiger partial charge in [0.2, 0.25) is 5.91 Å². The number of aromatic amines is 1. The van der Waals surface area contributed by atoms with Crippen LogP contribution in [0.4, 0.5) is 0 Å². The first-order valence-corrected chi connectivity index (χ1v) is 11.3. The SMILES string of the molecule is O=C(CCc1nc2sc3c(c2c(=O)[nH]1)CCCCC3)NC1CCCCCC1. The molecular formula is C21H29N3O2S. The molecule has 0 aliphatic heterocycles. The Hall–Kier alpha value is -1.69. The smallest absolute Gasteiger partial charge is 0.259 e. The molecule has 2 aromatic heterocycles. The summed E-state index contributed by atoms with van der Waals surface area (Å²) in [5, 5.41) is 3.97. The van der Waals surface area contributed by atoms with Crippen molar-refractivity contribution in [3.63, 3.8) is 0 Å². The zero-order valence-electron chi connectivity index (χ0n) is 15.9. The van der Waals surface area contributed by atoms with E-state index in [1.54, 1.807) is 11.3 Å². The number of hydrogen-bond acceptors (Lipinski definition) is 4. The zero-order valence-corrected chi connectivity index (χ0v) is 16.8. The number of thiophene rings is 1. The summed E-state index contributed by atoms with van der Waals surface area (Å²) in [4.78, 5) is 34.8. The maximum absolute atomic E-state index is 12.7. The standard InChI is InChI=1S/C21H29N3O2S/c25-18(22-14-8-4-1-2-5-9-14)13-12-17-23-20(26)19-15-10-6-3-7-11-16(15)27-21(19)24-17/h14H,1-13H2,(H,22,25)(H,23,24,26). The summed E-state index contributed by atoms with van der Waals surface area (Å²) in [5.41, 5.74) is 1.19. The molecule has 0 saturated heterocycles. The van der Waals surface area contributed by atoms with Crippen molar-refractivity contribution < 1.29 is 4.79 Å². The maximum atomic E-state index is 12.7. The predicted octanol–water partition coefficient (Wildman–Crippen LogP) is 4.03. The van der Waals surface area contributed by atoms with Crippen molar-refractivity contribution in [1.82, 2.24) is 15.3 Å². The fourth-order valence-electron chi connectivity index (χ4n) is 4.46. The van der Waals surface area contributed by atoms with E-state index >= 15 is 0 Å². The molecule has 0 bridgehead atoms. The number of nitrogens with zero attached hydrogens (tertiary/aromatic N) is 1. The molecule has 1 amide bonds. The molecule has 1 fully saturated rings. The van der Waals surface area contributed by atoms with E-state index in [4.69, 9.17) is 0 Å². The summed E-state index contributed by atoms with van der Waals surface area (Å²) in [5.74, 6) is 0.714. The van der Waals surface area contributed by atoms with Gasteiger partial charge in [-0.3, -0.25) is 9.59 Å². The number of amides is 1. The van der Waals surface area contributed by atoms with Gasteiger partial charge in [-0.25, -0.2) is 4.98 Å². The third-order valence-corrected chi connectivity index (χ3v) is 7.12. The first-order chi connectivity index (χ1) is 13.2. The Labute approximate surface area is 164 Å². The van der Waals surface area contributed by atoms with Crippen LogP contribution >= 0.6 is 11.3 Å². The third kappa shape index (κ3) is 4.42. The summed E-state index contributed by atoms with van der Waals surface area (Å²) in [6.45, 7) is 0. The average Bonchev–Trinajstić information content (AvgIpc) is 2.84. The lowest BCUT2D eigenvalue weighted by molar-refractivity contribution is -0.121. The van der Waals surface area contributed by atoms with Crippen molar-refractivity contribution in [2.75, 3.05) is 0 Å². The summed E-state index contributed by atoms with van der Waals surface area (Å²) in [6, 6.07) is 0.322. The van der Waals surface area contributed by atoms with E-state index < -0.39 is 0 Å². The van der Waals surface area contributed by atoms with E-state index in [0.29, 0.717) is 24.7 Å². The van der Waals surface area contributed by atoms with Gasteiger partial charge in [0.15, 0.2) is 0 Å². The molecule has 4 rings (SSSR count). The van der Waals surface area contributed by atoms with E-state index in [1.807, 2.05) is 0 Å². The van der Waals surface area contributed by atoms with E-state index in [-0.39, 0.29) is 11.5 Å². The Kier molecular flexibility index (Phi) is 5.91. The molecule has 2 N–H and O–H groups in total. The first kappa shape index (κ1) is 18.7. The number of aromatic nitrogens is 2. The fraction of sp³-hybridized carbons (Fsp3) is 0.667. The summed E-state index contributed by atoms with van der Waals surface area (Å²) in [7, 11) is 0. The Morgan fingerprint density at radius 1 is 1.07 bits per heavy atom. The van der Waals surface area contributed by atoms with Crippen molar-refractivity contribution in [2.24, 2.45) is 0 Å². The van der Waals surface area contributed by atoms with E-state index in [2.05, 4.69) is 15.3 Å². The quantitative estimate of drug-likeness (QED) is 0.614.